The van der Waals surface area contributed by atoms with Crippen LogP contribution < -0.4 is 20.1 Å². The van der Waals surface area contributed by atoms with E-state index in [0.717, 1.165) is 59.5 Å². The molecule has 0 aliphatic carbocycles. The van der Waals surface area contributed by atoms with Gasteiger partial charge in [-0.1, -0.05) is 26.7 Å². The van der Waals surface area contributed by atoms with Crippen LogP contribution in [-0.2, 0) is 0 Å². The van der Waals surface area contributed by atoms with Gasteiger partial charge in [0.2, 0.25) is 0 Å². The molecule has 0 atom stereocenters. The van der Waals surface area contributed by atoms with Crippen LogP contribution in [0.4, 0.5) is 0 Å². The number of hydrogen-bond acceptors (Lipinski definition) is 5. The number of aromatic nitrogens is 1. The SMILES string of the molecule is CCCCNCCOc1ccc2cc3ccc(OCCNCCCC)cc3nc2c1.Cl.O. The van der Waals surface area contributed by atoms with E-state index in [4.69, 9.17) is 14.5 Å². The number of nitrogens with one attached hydrogen (secondary N) is 2. The monoisotopic (exact) mass is 463 g/mol. The number of pyridine rings is 1. The molecular weight excluding hydrogens is 426 g/mol. The summed E-state index contributed by atoms with van der Waals surface area (Å²) in [5, 5.41) is 9.02. The zero-order valence-corrected chi connectivity index (χ0v) is 20.1. The highest BCUT2D eigenvalue weighted by molar-refractivity contribution is 5.93. The van der Waals surface area contributed by atoms with Crippen LogP contribution in [-0.4, -0.2) is 49.9 Å². The second-order valence-electron chi connectivity index (χ2n) is 7.60. The Hall–Kier alpha value is -2.12. The molecule has 0 aliphatic rings. The third-order valence-electron chi connectivity index (χ3n) is 5.07. The van der Waals surface area contributed by atoms with E-state index in [0.29, 0.717) is 13.2 Å². The van der Waals surface area contributed by atoms with Gasteiger partial charge in [0.15, 0.2) is 0 Å². The molecule has 0 amide bonds. The molecule has 4 N–H and O–H groups in total. The minimum atomic E-state index is 0. The number of nitrogens with zero attached hydrogens (tertiary/aromatic N) is 1. The highest BCUT2D eigenvalue weighted by atomic mass is 35.5. The van der Waals surface area contributed by atoms with Gasteiger partial charge >= 0.3 is 0 Å². The number of benzene rings is 2. The van der Waals surface area contributed by atoms with Gasteiger partial charge < -0.3 is 25.6 Å². The summed E-state index contributed by atoms with van der Waals surface area (Å²) >= 11 is 0. The summed E-state index contributed by atoms with van der Waals surface area (Å²) in [6.07, 6.45) is 4.82. The third-order valence-corrected chi connectivity index (χ3v) is 5.07. The highest BCUT2D eigenvalue weighted by Crippen LogP contribution is 2.26. The fraction of sp³-hybridized carbons (Fsp3) is 0.480. The Morgan fingerprint density at radius 3 is 1.59 bits per heavy atom. The van der Waals surface area contributed by atoms with Crippen molar-refractivity contribution in [1.29, 1.82) is 0 Å². The van der Waals surface area contributed by atoms with Crippen molar-refractivity contribution in [3.05, 3.63) is 42.5 Å². The second-order valence-corrected chi connectivity index (χ2v) is 7.60. The highest BCUT2D eigenvalue weighted by Gasteiger charge is 2.04. The van der Waals surface area contributed by atoms with Gasteiger partial charge in [-0.25, -0.2) is 4.98 Å². The average molecular weight is 464 g/mol. The molecule has 1 heterocycles. The second kappa shape index (κ2) is 15.6. The fourth-order valence-corrected chi connectivity index (χ4v) is 3.30. The molecule has 0 saturated heterocycles. The lowest BCUT2D eigenvalue weighted by atomic mass is 10.1. The van der Waals surface area contributed by atoms with E-state index in [9.17, 15) is 0 Å². The van der Waals surface area contributed by atoms with E-state index in [2.05, 4.69) is 42.7 Å². The first-order valence-corrected chi connectivity index (χ1v) is 11.3. The van der Waals surface area contributed by atoms with E-state index >= 15 is 0 Å². The smallest absolute Gasteiger partial charge is 0.121 e. The van der Waals surface area contributed by atoms with E-state index in [1.807, 2.05) is 24.3 Å². The number of hydrogen-bond donors (Lipinski definition) is 2. The van der Waals surface area contributed by atoms with Crippen LogP contribution in [0.25, 0.3) is 21.8 Å². The lowest BCUT2D eigenvalue weighted by Gasteiger charge is -2.10. The molecule has 2 aromatic carbocycles. The van der Waals surface area contributed by atoms with Crippen LogP contribution in [0.2, 0.25) is 0 Å². The fourth-order valence-electron chi connectivity index (χ4n) is 3.30. The largest absolute Gasteiger partial charge is 0.492 e. The standard InChI is InChI=1S/C25H35N3O2.ClH.H2O/c1-3-5-11-26-13-15-29-22-9-7-20-17-21-8-10-23(19-25(21)28-24(20)18-22)30-16-14-27-12-6-4-2;;/h7-10,17-19,26-27H,3-6,11-16H2,1-2H3;1H;1H2. The van der Waals surface area contributed by atoms with Crippen molar-refractivity contribution in [3.63, 3.8) is 0 Å². The van der Waals surface area contributed by atoms with Gasteiger partial charge in [0.1, 0.15) is 24.7 Å². The van der Waals surface area contributed by atoms with Crippen molar-refractivity contribution in [2.75, 3.05) is 39.4 Å². The van der Waals surface area contributed by atoms with Gasteiger partial charge in [0.25, 0.3) is 0 Å². The predicted molar refractivity (Wildman–Crippen MR) is 137 cm³/mol. The molecule has 178 valence electrons. The van der Waals surface area contributed by atoms with Gasteiger partial charge in [0.05, 0.1) is 11.0 Å². The van der Waals surface area contributed by atoms with Crippen molar-refractivity contribution in [3.8, 4) is 11.5 Å². The Labute approximate surface area is 197 Å². The summed E-state index contributed by atoms with van der Waals surface area (Å²) < 4.78 is 11.8. The molecule has 3 aromatic rings. The molecule has 0 radical (unpaired) electrons. The molecule has 32 heavy (non-hydrogen) atoms. The van der Waals surface area contributed by atoms with E-state index < -0.39 is 0 Å². The summed E-state index contributed by atoms with van der Waals surface area (Å²) in [6.45, 7) is 9.53. The summed E-state index contributed by atoms with van der Waals surface area (Å²) in [4.78, 5) is 4.85. The normalized spacial score (nSPS) is 10.6. The molecule has 1 aromatic heterocycles. The summed E-state index contributed by atoms with van der Waals surface area (Å²) in [6, 6.07) is 14.4. The van der Waals surface area contributed by atoms with Crippen molar-refractivity contribution in [2.45, 2.75) is 39.5 Å². The zero-order chi connectivity index (χ0) is 21.0. The lowest BCUT2D eigenvalue weighted by molar-refractivity contribution is 0.314. The summed E-state index contributed by atoms with van der Waals surface area (Å²) in [5.41, 5.74) is 1.88. The number of fused-ring (bicyclic) bond motifs is 2. The van der Waals surface area contributed by atoms with Crippen LogP contribution in [0.3, 0.4) is 0 Å². The summed E-state index contributed by atoms with van der Waals surface area (Å²) in [5.74, 6) is 1.72. The molecular formula is C25H38ClN3O3. The van der Waals surface area contributed by atoms with Gasteiger partial charge in [0, 0.05) is 36.0 Å². The molecule has 0 fully saturated rings. The Balaban J connectivity index is 0.00000256. The number of unbranched alkanes of at least 4 members (excludes halogenated alkanes) is 2. The minimum absolute atomic E-state index is 0. The van der Waals surface area contributed by atoms with Crippen molar-refractivity contribution in [1.82, 2.24) is 15.6 Å². The predicted octanol–water partition coefficient (Wildman–Crippen LogP) is 4.52. The van der Waals surface area contributed by atoms with E-state index in [1.165, 1.54) is 25.7 Å². The number of ether oxygens (including phenoxy) is 2. The molecule has 0 bridgehead atoms. The maximum atomic E-state index is 5.89. The van der Waals surface area contributed by atoms with Crippen LogP contribution in [0.5, 0.6) is 11.5 Å². The number of halogens is 1. The van der Waals surface area contributed by atoms with Gasteiger partial charge in [-0.2, -0.15) is 0 Å². The lowest BCUT2D eigenvalue weighted by Crippen LogP contribution is -2.21. The Bertz CT molecular complexity index is 852. The maximum absolute atomic E-state index is 5.89. The van der Waals surface area contributed by atoms with Crippen LogP contribution in [0, 0.1) is 0 Å². The third kappa shape index (κ3) is 8.79. The Morgan fingerprint density at radius 1 is 0.688 bits per heavy atom. The van der Waals surface area contributed by atoms with Crippen molar-refractivity contribution in [2.24, 2.45) is 0 Å². The maximum Gasteiger partial charge on any atom is 0.121 e. The molecule has 0 aliphatic heterocycles. The molecule has 0 unspecified atom stereocenters. The summed E-state index contributed by atoms with van der Waals surface area (Å²) in [7, 11) is 0. The zero-order valence-electron chi connectivity index (χ0n) is 19.3. The quantitative estimate of drug-likeness (QED) is 0.271. The van der Waals surface area contributed by atoms with Gasteiger partial charge in [-0.3, -0.25) is 0 Å². The molecule has 3 rings (SSSR count). The Kier molecular flexibility index (Phi) is 13.6. The van der Waals surface area contributed by atoms with E-state index in [1.54, 1.807) is 0 Å². The van der Waals surface area contributed by atoms with Crippen LogP contribution in [0.15, 0.2) is 42.5 Å². The molecule has 0 spiro atoms. The van der Waals surface area contributed by atoms with Crippen molar-refractivity contribution >= 4 is 34.2 Å². The number of rotatable bonds is 14. The van der Waals surface area contributed by atoms with Crippen molar-refractivity contribution < 1.29 is 14.9 Å². The van der Waals surface area contributed by atoms with E-state index in [-0.39, 0.29) is 17.9 Å². The van der Waals surface area contributed by atoms with Gasteiger partial charge in [-0.05, 0) is 56.3 Å². The first kappa shape index (κ1) is 27.9. The van der Waals surface area contributed by atoms with Crippen LogP contribution >= 0.6 is 12.4 Å². The topological polar surface area (TPSA) is 86.9 Å². The Morgan fingerprint density at radius 2 is 1.16 bits per heavy atom. The van der Waals surface area contributed by atoms with Gasteiger partial charge in [-0.15, -0.1) is 12.4 Å². The molecule has 0 saturated carbocycles. The first-order valence-electron chi connectivity index (χ1n) is 11.3. The molecule has 7 heteroatoms. The minimum Gasteiger partial charge on any atom is -0.492 e. The average Bonchev–Trinajstić information content (AvgIpc) is 2.77. The first-order chi connectivity index (χ1) is 14.8. The van der Waals surface area contributed by atoms with Crippen LogP contribution in [0.1, 0.15) is 39.5 Å². The molecule has 6 nitrogen and oxygen atoms in total.